The van der Waals surface area contributed by atoms with Crippen molar-refractivity contribution in [1.82, 2.24) is 0 Å². The molecule has 0 aliphatic rings. The summed E-state index contributed by atoms with van der Waals surface area (Å²) >= 11 is 5.88. The van der Waals surface area contributed by atoms with Crippen LogP contribution < -0.4 is 0 Å². The smallest absolute Gasteiger partial charge is 0.145 e. The van der Waals surface area contributed by atoms with Crippen molar-refractivity contribution in [2.45, 2.75) is 45.1 Å². The van der Waals surface area contributed by atoms with E-state index in [4.69, 9.17) is 22.4 Å². The summed E-state index contributed by atoms with van der Waals surface area (Å²) in [7, 11) is 0. The molecule has 1 rings (SSSR count). The van der Waals surface area contributed by atoms with E-state index in [0.29, 0.717) is 12.0 Å². The summed E-state index contributed by atoms with van der Waals surface area (Å²) < 4.78 is 13.7. The van der Waals surface area contributed by atoms with Crippen LogP contribution in [-0.4, -0.2) is 17.8 Å². The molecule has 0 radical (unpaired) electrons. The molecule has 0 amide bonds. The molecule has 0 aromatic heterocycles. The van der Waals surface area contributed by atoms with E-state index in [0.717, 1.165) is 18.4 Å². The first kappa shape index (κ1) is 15.4. The maximum Gasteiger partial charge on any atom is 0.145 e. The second-order valence-corrected chi connectivity index (χ2v) is 5.31. The van der Waals surface area contributed by atoms with Crippen molar-refractivity contribution in [3.63, 3.8) is 0 Å². The minimum atomic E-state index is -0.425. The molecule has 0 fully saturated rings. The molecule has 2 N–H and O–H groups in total. The first-order valence-electron chi connectivity index (χ1n) is 6.25. The highest BCUT2D eigenvalue weighted by Gasteiger charge is 2.12. The number of halogens is 2. The fourth-order valence-corrected chi connectivity index (χ4v) is 2.13. The third-order valence-corrected chi connectivity index (χ3v) is 3.25. The zero-order chi connectivity index (χ0) is 13.7. The first-order chi connectivity index (χ1) is 8.45. The molecule has 0 heterocycles. The standard InChI is InChI=1S/C14H20ClFNO/c1-9(2)12-6-10(7-13(15)14(12)16)4-3-5-11(17)8-18/h6-7,9,11,17-18H,3-5,8H2,1-2H3/q-1/t11-/m1/s1. The highest BCUT2D eigenvalue weighted by molar-refractivity contribution is 6.30. The van der Waals surface area contributed by atoms with E-state index in [1.165, 1.54) is 0 Å². The number of nitrogens with one attached hydrogen (secondary N) is 1. The molecule has 0 saturated heterocycles. The molecule has 4 heteroatoms. The van der Waals surface area contributed by atoms with Crippen LogP contribution in [0, 0.1) is 5.82 Å². The van der Waals surface area contributed by atoms with E-state index in [1.54, 1.807) is 6.07 Å². The molecule has 0 unspecified atom stereocenters. The van der Waals surface area contributed by atoms with Gasteiger partial charge in [0.25, 0.3) is 0 Å². The summed E-state index contributed by atoms with van der Waals surface area (Å²) in [6, 6.07) is 3.08. The minimum absolute atomic E-state index is 0.101. The molecule has 1 atom stereocenters. The van der Waals surface area contributed by atoms with Crippen molar-refractivity contribution in [3.05, 3.63) is 39.8 Å². The van der Waals surface area contributed by atoms with Crippen LogP contribution in [0.5, 0.6) is 0 Å². The topological polar surface area (TPSA) is 44.0 Å². The fraction of sp³-hybridized carbons (Fsp3) is 0.571. The molecule has 102 valence electrons. The van der Waals surface area contributed by atoms with Gasteiger partial charge in [0.15, 0.2) is 0 Å². The lowest BCUT2D eigenvalue weighted by molar-refractivity contribution is 0.275. The van der Waals surface area contributed by atoms with Gasteiger partial charge in [-0.05, 0) is 29.5 Å². The summed E-state index contributed by atoms with van der Waals surface area (Å²) in [5.74, 6) is -0.229. The van der Waals surface area contributed by atoms with Crippen molar-refractivity contribution in [2.24, 2.45) is 0 Å². The normalized spacial score (nSPS) is 13.1. The van der Waals surface area contributed by atoms with Crippen molar-refractivity contribution < 1.29 is 9.50 Å². The van der Waals surface area contributed by atoms with Gasteiger partial charge < -0.3 is 10.8 Å². The fourth-order valence-electron chi connectivity index (χ4n) is 1.88. The summed E-state index contributed by atoms with van der Waals surface area (Å²) in [6.07, 6.45) is 2.20. The van der Waals surface area contributed by atoms with E-state index >= 15 is 0 Å². The van der Waals surface area contributed by atoms with Gasteiger partial charge in [-0.2, -0.15) is 0 Å². The lowest BCUT2D eigenvalue weighted by Crippen LogP contribution is -2.07. The van der Waals surface area contributed by atoms with Gasteiger partial charge in [0, 0.05) is 6.61 Å². The number of aliphatic hydroxyl groups is 1. The van der Waals surface area contributed by atoms with E-state index in [2.05, 4.69) is 0 Å². The van der Waals surface area contributed by atoms with Gasteiger partial charge in [-0.25, -0.2) is 4.39 Å². The molecule has 1 aromatic rings. The van der Waals surface area contributed by atoms with Crippen LogP contribution in [0.4, 0.5) is 4.39 Å². The van der Waals surface area contributed by atoms with Crippen LogP contribution in [0.3, 0.4) is 0 Å². The van der Waals surface area contributed by atoms with Crippen LogP contribution in [0.2, 0.25) is 5.02 Å². The van der Waals surface area contributed by atoms with Crippen molar-refractivity contribution >= 4 is 11.6 Å². The Bertz CT molecular complexity index is 396. The SMILES string of the molecule is CC(C)c1cc(CCC[C@@H]([NH-])CO)cc(Cl)c1F. The van der Waals surface area contributed by atoms with Crippen molar-refractivity contribution in [1.29, 1.82) is 0 Å². The molecule has 2 nitrogen and oxygen atoms in total. The third kappa shape index (κ3) is 4.23. The van der Waals surface area contributed by atoms with E-state index < -0.39 is 6.04 Å². The Balaban J connectivity index is 2.72. The van der Waals surface area contributed by atoms with Gasteiger partial charge in [0.1, 0.15) is 5.82 Å². The number of aryl methyl sites for hydroxylation is 1. The lowest BCUT2D eigenvalue weighted by Gasteiger charge is -2.16. The Morgan fingerprint density at radius 2 is 2.06 bits per heavy atom. The summed E-state index contributed by atoms with van der Waals surface area (Å²) in [5, 5.41) is 8.94. The largest absolute Gasteiger partial charge is 0.673 e. The van der Waals surface area contributed by atoms with Crippen LogP contribution in [0.25, 0.3) is 5.73 Å². The number of hydrogen-bond acceptors (Lipinski definition) is 1. The van der Waals surface area contributed by atoms with Crippen LogP contribution in [0.15, 0.2) is 12.1 Å². The average Bonchev–Trinajstić information content (AvgIpc) is 2.32. The van der Waals surface area contributed by atoms with Gasteiger partial charge in [-0.3, -0.25) is 0 Å². The number of benzene rings is 1. The lowest BCUT2D eigenvalue weighted by atomic mass is 9.97. The molecule has 0 spiro atoms. The van der Waals surface area contributed by atoms with Crippen LogP contribution in [0.1, 0.15) is 43.7 Å². The number of aliphatic hydroxyl groups excluding tert-OH is 1. The Morgan fingerprint density at radius 1 is 1.39 bits per heavy atom. The third-order valence-electron chi connectivity index (χ3n) is 2.98. The Morgan fingerprint density at radius 3 is 2.61 bits per heavy atom. The van der Waals surface area contributed by atoms with Gasteiger partial charge in [0.2, 0.25) is 0 Å². The van der Waals surface area contributed by atoms with Crippen molar-refractivity contribution in [2.75, 3.05) is 6.61 Å². The molecule has 0 aliphatic carbocycles. The Hall–Kier alpha value is -0.640. The predicted octanol–water partition coefficient (Wildman–Crippen LogP) is 4.34. The molecule has 1 aromatic carbocycles. The molecule has 0 bridgehead atoms. The first-order valence-corrected chi connectivity index (χ1v) is 6.63. The van der Waals surface area contributed by atoms with Crippen molar-refractivity contribution in [3.8, 4) is 0 Å². The highest BCUT2D eigenvalue weighted by Crippen LogP contribution is 2.27. The minimum Gasteiger partial charge on any atom is -0.673 e. The van der Waals surface area contributed by atoms with Gasteiger partial charge in [-0.1, -0.05) is 44.4 Å². The molecule has 0 aliphatic heterocycles. The zero-order valence-corrected chi connectivity index (χ0v) is 11.6. The average molecular weight is 273 g/mol. The maximum absolute atomic E-state index is 13.7. The molecule has 0 saturated carbocycles. The van der Waals surface area contributed by atoms with E-state index in [-0.39, 0.29) is 23.4 Å². The number of hydrogen-bond donors (Lipinski definition) is 1. The summed E-state index contributed by atoms with van der Waals surface area (Å²) in [6.45, 7) is 3.76. The monoisotopic (exact) mass is 272 g/mol. The Labute approximate surface area is 113 Å². The summed E-state index contributed by atoms with van der Waals surface area (Å²) in [5.41, 5.74) is 9.07. The molecular formula is C14H20ClFNO-. The molecule has 18 heavy (non-hydrogen) atoms. The van der Waals surface area contributed by atoms with Gasteiger partial charge >= 0.3 is 0 Å². The van der Waals surface area contributed by atoms with Crippen LogP contribution >= 0.6 is 11.6 Å². The number of rotatable bonds is 6. The van der Waals surface area contributed by atoms with E-state index in [1.807, 2.05) is 19.9 Å². The summed E-state index contributed by atoms with van der Waals surface area (Å²) in [4.78, 5) is 0. The van der Waals surface area contributed by atoms with Gasteiger partial charge in [-0.15, -0.1) is 6.04 Å². The zero-order valence-electron chi connectivity index (χ0n) is 10.8. The predicted molar refractivity (Wildman–Crippen MR) is 73.6 cm³/mol. The van der Waals surface area contributed by atoms with Crippen LogP contribution in [-0.2, 0) is 6.42 Å². The Kier molecular flexibility index (Phi) is 6.06. The quantitative estimate of drug-likeness (QED) is 0.823. The second kappa shape index (κ2) is 7.07. The maximum atomic E-state index is 13.7. The van der Waals surface area contributed by atoms with E-state index in [9.17, 15) is 4.39 Å². The molecular weight excluding hydrogens is 253 g/mol. The highest BCUT2D eigenvalue weighted by atomic mass is 35.5. The van der Waals surface area contributed by atoms with Gasteiger partial charge in [0.05, 0.1) is 5.02 Å². The second-order valence-electron chi connectivity index (χ2n) is 4.91.